The lowest BCUT2D eigenvalue weighted by Crippen LogP contribution is -2.50. The zero-order valence-electron chi connectivity index (χ0n) is 14.0. The van der Waals surface area contributed by atoms with Gasteiger partial charge in [-0.2, -0.15) is 0 Å². The molecule has 1 fully saturated rings. The monoisotopic (exact) mass is 283 g/mol. The third-order valence-electron chi connectivity index (χ3n) is 4.47. The maximum atomic E-state index is 12.9. The van der Waals surface area contributed by atoms with Gasteiger partial charge in [-0.3, -0.25) is 4.79 Å². The fourth-order valence-corrected chi connectivity index (χ4v) is 2.96. The molecule has 1 unspecified atom stereocenters. The van der Waals surface area contributed by atoms with E-state index in [2.05, 4.69) is 50.0 Å². The van der Waals surface area contributed by atoms with E-state index in [4.69, 9.17) is 0 Å². The van der Waals surface area contributed by atoms with E-state index in [0.717, 1.165) is 39.1 Å². The molecule has 0 spiro atoms. The van der Waals surface area contributed by atoms with Crippen molar-refractivity contribution < 1.29 is 4.79 Å². The van der Waals surface area contributed by atoms with E-state index in [1.165, 1.54) is 12.8 Å². The summed E-state index contributed by atoms with van der Waals surface area (Å²) in [6.45, 7) is 11.1. The average molecular weight is 283 g/mol. The van der Waals surface area contributed by atoms with E-state index in [1.807, 2.05) is 0 Å². The minimum absolute atomic E-state index is 0.255. The smallest absolute Gasteiger partial charge is 0.228 e. The number of likely N-dealkylation sites (N-methyl/N-ethyl adjacent to an activating group) is 1. The van der Waals surface area contributed by atoms with Crippen molar-refractivity contribution in [3.63, 3.8) is 0 Å². The molecule has 1 amide bonds. The zero-order chi connectivity index (χ0) is 15.2. The van der Waals surface area contributed by atoms with Gasteiger partial charge in [0.1, 0.15) is 0 Å². The van der Waals surface area contributed by atoms with Crippen LogP contribution in [0.25, 0.3) is 0 Å². The van der Waals surface area contributed by atoms with Crippen molar-refractivity contribution >= 4 is 5.91 Å². The molecule has 0 radical (unpaired) electrons. The highest BCUT2D eigenvalue weighted by atomic mass is 16.2. The van der Waals surface area contributed by atoms with Crippen molar-refractivity contribution in [1.82, 2.24) is 15.1 Å². The van der Waals surface area contributed by atoms with Gasteiger partial charge < -0.3 is 15.1 Å². The SMILES string of the molecule is CCCN(CCN(C)C)C(=O)C(C)(C)C1CCCNC1. The highest BCUT2D eigenvalue weighted by molar-refractivity contribution is 5.82. The van der Waals surface area contributed by atoms with Gasteiger partial charge in [-0.25, -0.2) is 0 Å². The fourth-order valence-electron chi connectivity index (χ4n) is 2.96. The van der Waals surface area contributed by atoms with Gasteiger partial charge in [0.15, 0.2) is 0 Å². The Balaban J connectivity index is 2.69. The lowest BCUT2D eigenvalue weighted by molar-refractivity contribution is -0.144. The molecule has 1 N–H and O–H groups in total. The molecule has 1 aliphatic heterocycles. The summed E-state index contributed by atoms with van der Waals surface area (Å²) in [4.78, 5) is 17.2. The highest BCUT2D eigenvalue weighted by Gasteiger charge is 2.39. The molecule has 0 saturated carbocycles. The van der Waals surface area contributed by atoms with Crippen LogP contribution in [-0.2, 0) is 4.79 Å². The Bertz CT molecular complexity index is 296. The minimum atomic E-state index is -0.255. The fraction of sp³-hybridized carbons (Fsp3) is 0.938. The summed E-state index contributed by atoms with van der Waals surface area (Å²) >= 11 is 0. The first kappa shape index (κ1) is 17.4. The van der Waals surface area contributed by atoms with Crippen LogP contribution in [0, 0.1) is 11.3 Å². The predicted octanol–water partition coefficient (Wildman–Crippen LogP) is 1.81. The van der Waals surface area contributed by atoms with Gasteiger partial charge >= 0.3 is 0 Å². The Morgan fingerprint density at radius 1 is 1.25 bits per heavy atom. The summed E-state index contributed by atoms with van der Waals surface area (Å²) in [6, 6.07) is 0. The Morgan fingerprint density at radius 3 is 2.45 bits per heavy atom. The number of nitrogens with one attached hydrogen (secondary N) is 1. The normalized spacial score (nSPS) is 20.2. The molecule has 0 aliphatic carbocycles. The van der Waals surface area contributed by atoms with Crippen molar-refractivity contribution in [2.75, 3.05) is 46.8 Å². The van der Waals surface area contributed by atoms with Crippen molar-refractivity contribution in [2.24, 2.45) is 11.3 Å². The minimum Gasteiger partial charge on any atom is -0.341 e. The third kappa shape index (κ3) is 4.74. The average Bonchev–Trinajstić information content (AvgIpc) is 2.43. The van der Waals surface area contributed by atoms with E-state index in [0.29, 0.717) is 11.8 Å². The molecule has 1 heterocycles. The maximum absolute atomic E-state index is 12.9. The summed E-state index contributed by atoms with van der Waals surface area (Å²) in [5.74, 6) is 0.789. The van der Waals surface area contributed by atoms with Gasteiger partial charge in [0.05, 0.1) is 0 Å². The molecule has 4 heteroatoms. The number of amides is 1. The highest BCUT2D eigenvalue weighted by Crippen LogP contribution is 2.33. The summed E-state index contributed by atoms with van der Waals surface area (Å²) in [5.41, 5.74) is -0.255. The lowest BCUT2D eigenvalue weighted by atomic mass is 9.74. The van der Waals surface area contributed by atoms with Gasteiger partial charge in [0.2, 0.25) is 5.91 Å². The number of rotatable bonds is 7. The number of carbonyl (C=O) groups excluding carboxylic acids is 1. The summed E-state index contributed by atoms with van der Waals surface area (Å²) in [5, 5.41) is 3.44. The molecule has 1 aliphatic rings. The van der Waals surface area contributed by atoms with E-state index < -0.39 is 0 Å². The number of piperidine rings is 1. The van der Waals surface area contributed by atoms with Crippen LogP contribution < -0.4 is 5.32 Å². The largest absolute Gasteiger partial charge is 0.341 e. The first-order chi connectivity index (χ1) is 9.39. The molecule has 1 rings (SSSR count). The first-order valence-corrected chi connectivity index (χ1v) is 8.04. The number of nitrogens with zero attached hydrogens (tertiary/aromatic N) is 2. The van der Waals surface area contributed by atoms with Crippen LogP contribution in [0.1, 0.15) is 40.0 Å². The molecule has 0 aromatic rings. The van der Waals surface area contributed by atoms with Gasteiger partial charge in [-0.05, 0) is 52.4 Å². The molecule has 0 aromatic heterocycles. The molecule has 1 saturated heterocycles. The Morgan fingerprint density at radius 2 is 1.95 bits per heavy atom. The van der Waals surface area contributed by atoms with E-state index >= 15 is 0 Å². The molecule has 118 valence electrons. The molecule has 0 bridgehead atoms. The Labute approximate surface area is 124 Å². The number of hydrogen-bond acceptors (Lipinski definition) is 3. The topological polar surface area (TPSA) is 35.6 Å². The number of carbonyl (C=O) groups is 1. The quantitative estimate of drug-likeness (QED) is 0.774. The van der Waals surface area contributed by atoms with Crippen LogP contribution in [0.4, 0.5) is 0 Å². The Kier molecular flexibility index (Phi) is 6.96. The second-order valence-corrected chi connectivity index (χ2v) is 6.86. The van der Waals surface area contributed by atoms with Crippen molar-refractivity contribution in [3.05, 3.63) is 0 Å². The van der Waals surface area contributed by atoms with Crippen molar-refractivity contribution in [1.29, 1.82) is 0 Å². The van der Waals surface area contributed by atoms with Crippen LogP contribution in [0.2, 0.25) is 0 Å². The van der Waals surface area contributed by atoms with Crippen LogP contribution in [0.5, 0.6) is 0 Å². The van der Waals surface area contributed by atoms with Crippen LogP contribution in [0.3, 0.4) is 0 Å². The standard InChI is InChI=1S/C16H33N3O/c1-6-10-19(12-11-18(4)5)15(20)16(2,3)14-8-7-9-17-13-14/h14,17H,6-13H2,1-5H3. The second kappa shape index (κ2) is 7.99. The molecule has 1 atom stereocenters. The molecular weight excluding hydrogens is 250 g/mol. The van der Waals surface area contributed by atoms with E-state index in [-0.39, 0.29) is 5.41 Å². The first-order valence-electron chi connectivity index (χ1n) is 8.04. The van der Waals surface area contributed by atoms with E-state index in [9.17, 15) is 4.79 Å². The van der Waals surface area contributed by atoms with Crippen LogP contribution >= 0.6 is 0 Å². The maximum Gasteiger partial charge on any atom is 0.228 e. The molecule has 0 aromatic carbocycles. The van der Waals surface area contributed by atoms with Gasteiger partial charge in [0, 0.05) is 25.0 Å². The summed E-state index contributed by atoms with van der Waals surface area (Å²) < 4.78 is 0. The summed E-state index contributed by atoms with van der Waals surface area (Å²) in [7, 11) is 4.12. The predicted molar refractivity (Wildman–Crippen MR) is 84.8 cm³/mol. The lowest BCUT2D eigenvalue weighted by Gasteiger charge is -2.39. The van der Waals surface area contributed by atoms with Gasteiger partial charge in [-0.15, -0.1) is 0 Å². The van der Waals surface area contributed by atoms with Crippen LogP contribution in [0.15, 0.2) is 0 Å². The van der Waals surface area contributed by atoms with Gasteiger partial charge in [-0.1, -0.05) is 20.8 Å². The van der Waals surface area contributed by atoms with Gasteiger partial charge in [0.25, 0.3) is 0 Å². The molecule has 4 nitrogen and oxygen atoms in total. The molecular formula is C16H33N3O. The van der Waals surface area contributed by atoms with Crippen LogP contribution in [-0.4, -0.2) is 62.5 Å². The van der Waals surface area contributed by atoms with E-state index in [1.54, 1.807) is 0 Å². The Hall–Kier alpha value is -0.610. The van der Waals surface area contributed by atoms with Crippen molar-refractivity contribution in [3.8, 4) is 0 Å². The second-order valence-electron chi connectivity index (χ2n) is 6.86. The summed E-state index contributed by atoms with van der Waals surface area (Å²) in [6.07, 6.45) is 3.38. The third-order valence-corrected chi connectivity index (χ3v) is 4.47. The zero-order valence-corrected chi connectivity index (χ0v) is 14.0. The van der Waals surface area contributed by atoms with Crippen molar-refractivity contribution in [2.45, 2.75) is 40.0 Å². The number of hydrogen-bond donors (Lipinski definition) is 1. The molecule has 20 heavy (non-hydrogen) atoms.